The fraction of sp³-hybridized carbons (Fsp3) is 0.182. The van der Waals surface area contributed by atoms with Gasteiger partial charge in [0.2, 0.25) is 0 Å². The van der Waals surface area contributed by atoms with E-state index in [1.807, 2.05) is 0 Å². The molecule has 2 aromatic rings. The number of anilines is 1. The van der Waals surface area contributed by atoms with E-state index in [4.69, 9.17) is 15.7 Å². The van der Waals surface area contributed by atoms with Gasteiger partial charge >= 0.3 is 6.09 Å². The first kappa shape index (κ1) is 23.0. The second-order valence-electron chi connectivity index (χ2n) is 7.75. The molecule has 2 heterocycles. The van der Waals surface area contributed by atoms with E-state index in [1.165, 1.54) is 52.8 Å². The molecule has 0 radical (unpaired) electrons. The van der Waals surface area contributed by atoms with Crippen LogP contribution in [0, 0.1) is 17.1 Å². The number of rotatable bonds is 3. The fourth-order valence-corrected chi connectivity index (χ4v) is 3.32. The van der Waals surface area contributed by atoms with Crippen LogP contribution in [0.3, 0.4) is 0 Å². The summed E-state index contributed by atoms with van der Waals surface area (Å²) in [5.74, 6) is -1.23. The lowest BCUT2D eigenvalue weighted by Crippen LogP contribution is -2.33. The van der Waals surface area contributed by atoms with Crippen molar-refractivity contribution in [3.8, 4) is 17.3 Å². The molecule has 2 N–H and O–H groups in total. The van der Waals surface area contributed by atoms with Gasteiger partial charge in [0.15, 0.2) is 0 Å². The van der Waals surface area contributed by atoms with Crippen molar-refractivity contribution in [2.75, 3.05) is 4.90 Å². The first-order valence-corrected chi connectivity index (χ1v) is 10.2. The number of amides is 2. The lowest BCUT2D eigenvalue weighted by atomic mass is 10.1. The van der Waals surface area contributed by atoms with Crippen molar-refractivity contribution < 1.29 is 18.7 Å². The van der Waals surface area contributed by atoms with Gasteiger partial charge in [0.05, 0.1) is 16.8 Å². The normalized spacial score (nSPS) is 13.1. The van der Waals surface area contributed by atoms with Crippen LogP contribution >= 0.6 is 15.9 Å². The topological polar surface area (TPSA) is 113 Å². The molecule has 8 nitrogen and oxygen atoms in total. The number of nitrogens with zero attached hydrogens (tertiary/aromatic N) is 4. The minimum atomic E-state index is -0.720. The Morgan fingerprint density at radius 3 is 2.38 bits per heavy atom. The third-order valence-corrected chi connectivity index (χ3v) is 4.81. The molecule has 0 atom stereocenters. The number of primary amides is 1. The van der Waals surface area contributed by atoms with Crippen molar-refractivity contribution in [2.45, 2.75) is 26.4 Å². The number of nitrogens with two attached hydrogens (primary N) is 1. The number of pyridine rings is 1. The average molecular weight is 500 g/mol. The maximum absolute atomic E-state index is 14.1. The minimum absolute atomic E-state index is 0.0945. The highest BCUT2D eigenvalue weighted by Crippen LogP contribution is 2.33. The molecule has 0 spiro atoms. The standard InChI is InChI=1S/C22H19BrFN5O3/c1-22(2,3)32-21(31)29-8-6-28(7-9-29)20-15(19(26)30)11-16(23)18(27-20)13-4-5-14(12-25)17(24)10-13/h4-11H,1-3H3,(H2,26,30). The van der Waals surface area contributed by atoms with Crippen molar-refractivity contribution in [3.05, 3.63) is 70.5 Å². The summed E-state index contributed by atoms with van der Waals surface area (Å²) in [5.41, 5.74) is 5.62. The Morgan fingerprint density at radius 1 is 1.19 bits per heavy atom. The third-order valence-electron chi connectivity index (χ3n) is 4.21. The second kappa shape index (κ2) is 8.80. The Labute approximate surface area is 192 Å². The van der Waals surface area contributed by atoms with Gasteiger partial charge in [-0.3, -0.25) is 9.69 Å². The Bertz CT molecular complexity index is 1180. The van der Waals surface area contributed by atoms with Crippen molar-refractivity contribution in [2.24, 2.45) is 5.73 Å². The summed E-state index contributed by atoms with van der Waals surface area (Å²) in [6.45, 7) is 5.27. The Kier molecular flexibility index (Phi) is 6.32. The molecule has 1 aliphatic rings. The lowest BCUT2D eigenvalue weighted by molar-refractivity contribution is 0.0397. The van der Waals surface area contributed by atoms with Gasteiger partial charge in [-0.25, -0.2) is 14.2 Å². The van der Waals surface area contributed by atoms with E-state index >= 15 is 0 Å². The fourth-order valence-electron chi connectivity index (χ4n) is 2.78. The van der Waals surface area contributed by atoms with Gasteiger partial charge in [0.1, 0.15) is 23.3 Å². The SMILES string of the molecule is CC(C)(C)OC(=O)N1C=CN(c2nc(-c3ccc(C#N)c(F)c3)c(Br)cc2C(N)=O)C=C1. The number of ether oxygens (including phenoxy) is 1. The van der Waals surface area contributed by atoms with Gasteiger partial charge < -0.3 is 15.4 Å². The quantitative estimate of drug-likeness (QED) is 0.658. The van der Waals surface area contributed by atoms with Gasteiger partial charge in [0.25, 0.3) is 5.91 Å². The number of hydrogen-bond donors (Lipinski definition) is 1. The molecule has 0 fully saturated rings. The number of benzene rings is 1. The Morgan fingerprint density at radius 2 is 1.84 bits per heavy atom. The second-order valence-corrected chi connectivity index (χ2v) is 8.61. The highest BCUT2D eigenvalue weighted by molar-refractivity contribution is 9.10. The molecule has 1 aromatic heterocycles. The van der Waals surface area contributed by atoms with E-state index in [0.29, 0.717) is 15.7 Å². The molecule has 2 amide bonds. The number of hydrogen-bond acceptors (Lipinski definition) is 6. The van der Waals surface area contributed by atoms with Crippen LogP contribution in [0.4, 0.5) is 15.0 Å². The molecular weight excluding hydrogens is 481 g/mol. The third kappa shape index (κ3) is 4.95. The summed E-state index contributed by atoms with van der Waals surface area (Å²) in [4.78, 5) is 31.5. The number of halogens is 2. The molecule has 3 rings (SSSR count). The summed E-state index contributed by atoms with van der Waals surface area (Å²) < 4.78 is 19.9. The smallest absolute Gasteiger partial charge is 0.418 e. The number of nitriles is 1. The van der Waals surface area contributed by atoms with E-state index in [2.05, 4.69) is 20.9 Å². The maximum atomic E-state index is 14.1. The average Bonchev–Trinajstić information content (AvgIpc) is 2.72. The molecule has 0 saturated carbocycles. The minimum Gasteiger partial charge on any atom is -0.443 e. The first-order chi connectivity index (χ1) is 15.0. The molecule has 0 aliphatic carbocycles. The highest BCUT2D eigenvalue weighted by Gasteiger charge is 2.24. The zero-order chi connectivity index (χ0) is 23.6. The molecule has 0 unspecified atom stereocenters. The molecule has 0 bridgehead atoms. The van der Waals surface area contributed by atoms with E-state index in [-0.39, 0.29) is 16.9 Å². The predicted octanol–water partition coefficient (Wildman–Crippen LogP) is 4.62. The van der Waals surface area contributed by atoms with Gasteiger partial charge in [-0.15, -0.1) is 0 Å². The van der Waals surface area contributed by atoms with E-state index in [1.54, 1.807) is 32.9 Å². The first-order valence-electron chi connectivity index (χ1n) is 9.37. The molecular formula is C22H19BrFN5O3. The summed E-state index contributed by atoms with van der Waals surface area (Å²) in [7, 11) is 0. The lowest BCUT2D eigenvalue weighted by Gasteiger charge is -2.27. The molecule has 32 heavy (non-hydrogen) atoms. The monoisotopic (exact) mass is 499 g/mol. The van der Waals surface area contributed by atoms with Crippen LogP contribution in [0.2, 0.25) is 0 Å². The van der Waals surface area contributed by atoms with Gasteiger partial charge in [0, 0.05) is 34.8 Å². The maximum Gasteiger partial charge on any atom is 0.418 e. The van der Waals surface area contributed by atoms with Crippen LogP contribution in [0.25, 0.3) is 11.3 Å². The van der Waals surface area contributed by atoms with Crippen LogP contribution < -0.4 is 10.6 Å². The van der Waals surface area contributed by atoms with Crippen LogP contribution in [-0.2, 0) is 4.74 Å². The number of carbonyl (C=O) groups excluding carboxylic acids is 2. The van der Waals surface area contributed by atoms with Crippen molar-refractivity contribution in [3.63, 3.8) is 0 Å². The summed E-state index contributed by atoms with van der Waals surface area (Å²) in [5, 5.41) is 8.94. The predicted molar refractivity (Wildman–Crippen MR) is 119 cm³/mol. The number of aromatic nitrogens is 1. The highest BCUT2D eigenvalue weighted by atomic mass is 79.9. The molecule has 10 heteroatoms. The van der Waals surface area contributed by atoms with Gasteiger partial charge in [-0.1, -0.05) is 6.07 Å². The number of carbonyl (C=O) groups is 2. The molecule has 1 aromatic carbocycles. The summed E-state index contributed by atoms with van der Waals surface area (Å²) in [6.07, 6.45) is 5.34. The van der Waals surface area contributed by atoms with Crippen molar-refractivity contribution in [1.82, 2.24) is 9.88 Å². The van der Waals surface area contributed by atoms with Gasteiger partial charge in [-0.05, 0) is 54.9 Å². The zero-order valence-electron chi connectivity index (χ0n) is 17.5. The van der Waals surface area contributed by atoms with E-state index in [9.17, 15) is 14.0 Å². The van der Waals surface area contributed by atoms with Crippen LogP contribution in [-0.4, -0.2) is 27.5 Å². The van der Waals surface area contributed by atoms with Crippen LogP contribution in [0.1, 0.15) is 36.7 Å². The molecule has 0 saturated heterocycles. The van der Waals surface area contributed by atoms with E-state index < -0.39 is 23.4 Å². The van der Waals surface area contributed by atoms with Crippen molar-refractivity contribution >= 4 is 33.7 Å². The van der Waals surface area contributed by atoms with Crippen LogP contribution in [0.15, 0.2) is 53.5 Å². The summed E-state index contributed by atoms with van der Waals surface area (Å²) >= 11 is 3.35. The van der Waals surface area contributed by atoms with Crippen LogP contribution in [0.5, 0.6) is 0 Å². The Balaban J connectivity index is 1.99. The molecule has 164 valence electrons. The van der Waals surface area contributed by atoms with E-state index in [0.717, 1.165) is 0 Å². The zero-order valence-corrected chi connectivity index (χ0v) is 19.1. The Hall–Kier alpha value is -3.71. The van der Waals surface area contributed by atoms with Crippen molar-refractivity contribution in [1.29, 1.82) is 5.26 Å². The largest absolute Gasteiger partial charge is 0.443 e. The summed E-state index contributed by atoms with van der Waals surface area (Å²) in [6, 6.07) is 7.33. The van der Waals surface area contributed by atoms with Gasteiger partial charge in [-0.2, -0.15) is 5.26 Å². The molecule has 1 aliphatic heterocycles.